The molecule has 1 aromatic carbocycles. The highest BCUT2D eigenvalue weighted by molar-refractivity contribution is 5.96. The van der Waals surface area contributed by atoms with Gasteiger partial charge >= 0.3 is 6.09 Å². The first-order valence-electron chi connectivity index (χ1n) is 9.90. The third kappa shape index (κ3) is 5.16. The Morgan fingerprint density at radius 2 is 1.93 bits per heavy atom. The van der Waals surface area contributed by atoms with Gasteiger partial charge in [-0.15, -0.1) is 0 Å². The second-order valence-electron chi connectivity index (χ2n) is 8.69. The molecule has 0 spiro atoms. The maximum atomic E-state index is 13.0. The van der Waals surface area contributed by atoms with E-state index in [1.54, 1.807) is 37.8 Å². The van der Waals surface area contributed by atoms with E-state index in [2.05, 4.69) is 10.6 Å². The number of alkyl carbamates (subject to hydrolysis) is 1. The summed E-state index contributed by atoms with van der Waals surface area (Å²) in [6.45, 7) is 7.67. The van der Waals surface area contributed by atoms with Gasteiger partial charge in [-0.05, 0) is 59.1 Å². The summed E-state index contributed by atoms with van der Waals surface area (Å²) in [5, 5.41) is 17.4. The quantitative estimate of drug-likeness (QED) is 0.575. The van der Waals surface area contributed by atoms with Crippen LogP contribution in [-0.4, -0.2) is 52.1 Å². The Hall–Kier alpha value is -2.84. The van der Waals surface area contributed by atoms with E-state index in [1.807, 2.05) is 6.92 Å². The molecule has 158 valence electrons. The number of nitro benzene ring substituents is 1. The lowest BCUT2D eigenvalue weighted by atomic mass is 10.1. The van der Waals surface area contributed by atoms with Gasteiger partial charge in [0.2, 0.25) is 0 Å². The minimum atomic E-state index is -0.601. The normalized spacial score (nSPS) is 21.6. The van der Waals surface area contributed by atoms with Gasteiger partial charge in [0.05, 0.1) is 11.0 Å². The smallest absolute Gasteiger partial charge is 0.407 e. The van der Waals surface area contributed by atoms with E-state index in [4.69, 9.17) is 4.74 Å². The zero-order valence-electron chi connectivity index (χ0n) is 17.2. The molecule has 1 heterocycles. The summed E-state index contributed by atoms with van der Waals surface area (Å²) >= 11 is 0. The Kier molecular flexibility index (Phi) is 5.68. The number of anilines is 1. The number of rotatable bonds is 5. The Bertz CT molecular complexity index is 816. The molecule has 1 aromatic rings. The van der Waals surface area contributed by atoms with Gasteiger partial charge in [-0.25, -0.2) is 4.79 Å². The van der Waals surface area contributed by atoms with E-state index in [-0.39, 0.29) is 35.3 Å². The molecule has 9 heteroatoms. The monoisotopic (exact) mass is 404 g/mol. The molecule has 9 nitrogen and oxygen atoms in total. The highest BCUT2D eigenvalue weighted by atomic mass is 16.6. The summed E-state index contributed by atoms with van der Waals surface area (Å²) in [5.41, 5.74) is 0.00482. The molecule has 1 aliphatic heterocycles. The van der Waals surface area contributed by atoms with Crippen LogP contribution < -0.4 is 10.6 Å². The Labute approximate surface area is 169 Å². The molecule has 0 unspecified atom stereocenters. The lowest BCUT2D eigenvalue weighted by molar-refractivity contribution is -0.384. The molecule has 2 amide bonds. The fourth-order valence-electron chi connectivity index (χ4n) is 3.43. The number of carbonyl (C=O) groups is 2. The van der Waals surface area contributed by atoms with Crippen LogP contribution in [0, 0.1) is 10.1 Å². The molecular weight excluding hydrogens is 376 g/mol. The third-order valence-electron chi connectivity index (χ3n) is 5.10. The summed E-state index contributed by atoms with van der Waals surface area (Å²) in [7, 11) is 0. The fraction of sp³-hybridized carbons (Fsp3) is 0.600. The second kappa shape index (κ2) is 7.88. The molecule has 0 aromatic heterocycles. The van der Waals surface area contributed by atoms with Crippen molar-refractivity contribution in [2.24, 2.45) is 0 Å². The first kappa shape index (κ1) is 20.9. The van der Waals surface area contributed by atoms with E-state index >= 15 is 0 Å². The summed E-state index contributed by atoms with van der Waals surface area (Å²) in [5.74, 6) is -0.285. The van der Waals surface area contributed by atoms with E-state index in [0.29, 0.717) is 18.7 Å². The predicted octanol–water partition coefficient (Wildman–Crippen LogP) is 3.30. The molecule has 1 saturated heterocycles. The number of hydrogen-bond donors (Lipinski definition) is 2. The van der Waals surface area contributed by atoms with Crippen LogP contribution in [0.25, 0.3) is 0 Å². The van der Waals surface area contributed by atoms with Gasteiger partial charge in [0.15, 0.2) is 0 Å². The zero-order chi connectivity index (χ0) is 21.3. The predicted molar refractivity (Wildman–Crippen MR) is 108 cm³/mol. The van der Waals surface area contributed by atoms with Gasteiger partial charge in [-0.2, -0.15) is 0 Å². The van der Waals surface area contributed by atoms with Crippen LogP contribution in [0.5, 0.6) is 0 Å². The van der Waals surface area contributed by atoms with Gasteiger partial charge in [0.25, 0.3) is 11.6 Å². The van der Waals surface area contributed by atoms with Crippen LogP contribution >= 0.6 is 0 Å². The minimum absolute atomic E-state index is 0.0990. The van der Waals surface area contributed by atoms with Crippen molar-refractivity contribution in [1.82, 2.24) is 10.2 Å². The number of nitro groups is 1. The van der Waals surface area contributed by atoms with Gasteiger partial charge in [-0.1, -0.05) is 0 Å². The lowest BCUT2D eigenvalue weighted by Gasteiger charge is -2.26. The number of hydrogen-bond acceptors (Lipinski definition) is 6. The van der Waals surface area contributed by atoms with Crippen LogP contribution in [0.4, 0.5) is 16.2 Å². The van der Waals surface area contributed by atoms with Gasteiger partial charge < -0.3 is 20.3 Å². The van der Waals surface area contributed by atoms with Crippen molar-refractivity contribution in [3.63, 3.8) is 0 Å². The topological polar surface area (TPSA) is 114 Å². The van der Waals surface area contributed by atoms with E-state index in [9.17, 15) is 19.7 Å². The van der Waals surface area contributed by atoms with Crippen molar-refractivity contribution in [2.45, 2.75) is 70.7 Å². The van der Waals surface area contributed by atoms with Crippen molar-refractivity contribution < 1.29 is 19.2 Å². The van der Waals surface area contributed by atoms with Crippen molar-refractivity contribution >= 4 is 23.4 Å². The van der Waals surface area contributed by atoms with E-state index in [0.717, 1.165) is 12.8 Å². The average Bonchev–Trinajstić information content (AvgIpc) is 3.36. The molecule has 2 fully saturated rings. The average molecular weight is 404 g/mol. The maximum absolute atomic E-state index is 13.0. The summed E-state index contributed by atoms with van der Waals surface area (Å²) in [6.07, 6.45) is 2.06. The Morgan fingerprint density at radius 3 is 2.52 bits per heavy atom. The first-order chi connectivity index (χ1) is 13.5. The molecule has 2 N–H and O–H groups in total. The zero-order valence-corrected chi connectivity index (χ0v) is 17.2. The van der Waals surface area contributed by atoms with E-state index < -0.39 is 16.6 Å². The maximum Gasteiger partial charge on any atom is 0.407 e. The fourth-order valence-corrected chi connectivity index (χ4v) is 3.43. The van der Waals surface area contributed by atoms with Crippen molar-refractivity contribution in [2.75, 3.05) is 11.9 Å². The van der Waals surface area contributed by atoms with Crippen LogP contribution in [0.1, 0.15) is 57.3 Å². The Morgan fingerprint density at radius 1 is 1.24 bits per heavy atom. The Balaban J connectivity index is 1.69. The largest absolute Gasteiger partial charge is 0.444 e. The highest BCUT2D eigenvalue weighted by Gasteiger charge is 2.36. The van der Waals surface area contributed by atoms with Crippen LogP contribution in [0.3, 0.4) is 0 Å². The second-order valence-corrected chi connectivity index (χ2v) is 8.69. The SMILES string of the molecule is C[C@H]1[C@@H](NC(=O)OC(C)(C)C)CCN1C(=O)c1ccc(NC2CC2)c([N+](=O)[O-])c1. The van der Waals surface area contributed by atoms with Gasteiger partial charge in [0, 0.05) is 30.3 Å². The number of carbonyl (C=O) groups excluding carboxylic acids is 2. The molecule has 0 bridgehead atoms. The minimum Gasteiger partial charge on any atom is -0.444 e. The third-order valence-corrected chi connectivity index (χ3v) is 5.10. The molecule has 2 aliphatic rings. The van der Waals surface area contributed by atoms with Crippen molar-refractivity contribution in [1.29, 1.82) is 0 Å². The summed E-state index contributed by atoms with van der Waals surface area (Å²) in [6, 6.07) is 4.32. The lowest BCUT2D eigenvalue weighted by Crippen LogP contribution is -2.46. The molecule has 1 saturated carbocycles. The molecule has 1 aliphatic carbocycles. The molecule has 0 radical (unpaired) electrons. The molecule has 2 atom stereocenters. The number of amides is 2. The van der Waals surface area contributed by atoms with Gasteiger partial charge in [0.1, 0.15) is 11.3 Å². The summed E-state index contributed by atoms with van der Waals surface area (Å²) in [4.78, 5) is 37.6. The van der Waals surface area contributed by atoms with Crippen LogP contribution in [0.2, 0.25) is 0 Å². The molecule has 3 rings (SSSR count). The number of likely N-dealkylation sites (tertiary alicyclic amines) is 1. The number of nitrogens with zero attached hydrogens (tertiary/aromatic N) is 2. The van der Waals surface area contributed by atoms with Crippen molar-refractivity contribution in [3.8, 4) is 0 Å². The standard InChI is InChI=1S/C20H28N4O5/c1-12-15(22-19(26)29-20(2,3)4)9-10-23(12)18(25)13-5-8-16(21-14-6-7-14)17(11-13)24(27)28/h5,8,11-12,14-15,21H,6-7,9-10H2,1-4H3,(H,22,26)/t12-,15-/m0/s1. The van der Waals surface area contributed by atoms with Crippen LogP contribution in [-0.2, 0) is 4.74 Å². The van der Waals surface area contributed by atoms with E-state index in [1.165, 1.54) is 6.07 Å². The number of nitrogens with one attached hydrogen (secondary N) is 2. The number of benzene rings is 1. The highest BCUT2D eigenvalue weighted by Crippen LogP contribution is 2.32. The molecule has 29 heavy (non-hydrogen) atoms. The van der Waals surface area contributed by atoms with Crippen LogP contribution in [0.15, 0.2) is 18.2 Å². The first-order valence-corrected chi connectivity index (χ1v) is 9.90. The molecular formula is C20H28N4O5. The van der Waals surface area contributed by atoms with Crippen molar-refractivity contribution in [3.05, 3.63) is 33.9 Å². The summed E-state index contributed by atoms with van der Waals surface area (Å²) < 4.78 is 5.28. The van der Waals surface area contributed by atoms with Gasteiger partial charge in [-0.3, -0.25) is 14.9 Å². The number of ether oxygens (including phenoxy) is 1.